The van der Waals surface area contributed by atoms with Crippen LogP contribution in [0.3, 0.4) is 0 Å². The van der Waals surface area contributed by atoms with Gasteiger partial charge in [0.1, 0.15) is 11.5 Å². The Labute approximate surface area is 415 Å². The number of β-amino-alcohol motifs (C(OH)–C–C–N with tert-alkyl or cyclic N) is 1. The van der Waals surface area contributed by atoms with E-state index in [1.165, 1.54) is 0 Å². The van der Waals surface area contributed by atoms with Crippen LogP contribution in [0.1, 0.15) is 55.9 Å². The third-order valence-electron chi connectivity index (χ3n) is 15.3. The van der Waals surface area contributed by atoms with Crippen LogP contribution in [-0.2, 0) is 33.1 Å². The molecule has 0 spiro atoms. The van der Waals surface area contributed by atoms with Gasteiger partial charge in [0.15, 0.2) is 6.20 Å². The number of hydrogen-bond donors (Lipinski definition) is 6. The molecule has 0 unspecified atom stereocenters. The van der Waals surface area contributed by atoms with Gasteiger partial charge in [-0.05, 0) is 74.3 Å². The van der Waals surface area contributed by atoms with Crippen LogP contribution < -0.4 is 36.1 Å². The van der Waals surface area contributed by atoms with E-state index < -0.39 is 5.60 Å². The van der Waals surface area contributed by atoms with Crippen LogP contribution in [0.5, 0.6) is 0 Å². The molecule has 19 heteroatoms. The Morgan fingerprint density at radius 2 is 1.61 bits per heavy atom. The predicted octanol–water partition coefficient (Wildman–Crippen LogP) is 4.22. The number of carbonyl (C=O) groups is 2. The molecule has 0 saturated carbocycles. The molecule has 5 aliphatic heterocycles. The average Bonchev–Trinajstić information content (AvgIpc) is 4.21. The number of likely N-dealkylation sites (N-methyl/N-ethyl adjacent to an activating group) is 1. The van der Waals surface area contributed by atoms with Crippen LogP contribution in [0.25, 0.3) is 44.9 Å². The van der Waals surface area contributed by atoms with Crippen LogP contribution in [0.2, 0.25) is 0 Å². The fraction of sp³-hybridized carbons (Fsp3) is 0.321. The lowest BCUT2D eigenvalue weighted by Crippen LogP contribution is -2.54. The Morgan fingerprint density at radius 1 is 0.792 bits per heavy atom. The van der Waals surface area contributed by atoms with E-state index in [0.717, 1.165) is 126 Å². The van der Waals surface area contributed by atoms with Gasteiger partial charge in [-0.1, -0.05) is 6.07 Å². The second-order valence-electron chi connectivity index (χ2n) is 19.8. The van der Waals surface area contributed by atoms with Gasteiger partial charge in [0.25, 0.3) is 17.5 Å². The lowest BCUT2D eigenvalue weighted by molar-refractivity contribution is -0.594. The van der Waals surface area contributed by atoms with Crippen molar-refractivity contribution in [1.82, 2.24) is 59.6 Å². The molecule has 0 radical (unpaired) electrons. The summed E-state index contributed by atoms with van der Waals surface area (Å²) >= 11 is 0. The Balaban J connectivity index is 0.763. The summed E-state index contributed by atoms with van der Waals surface area (Å²) in [5.74, 6) is 0.894. The van der Waals surface area contributed by atoms with Gasteiger partial charge in [0, 0.05) is 113 Å². The molecule has 72 heavy (non-hydrogen) atoms. The third-order valence-corrected chi connectivity index (χ3v) is 15.3. The third kappa shape index (κ3) is 7.75. The van der Waals surface area contributed by atoms with Gasteiger partial charge in [0.05, 0.1) is 75.7 Å². The highest BCUT2D eigenvalue weighted by Gasteiger charge is 2.36. The van der Waals surface area contributed by atoms with Crippen molar-refractivity contribution in [2.24, 2.45) is 7.05 Å². The van der Waals surface area contributed by atoms with Crippen LogP contribution in [0.15, 0.2) is 92.0 Å². The number of nitrogens with zero attached hydrogens (tertiary/aromatic N) is 11. The molecule has 364 valence electrons. The largest absolute Gasteiger partial charge is 0.388 e. The molecule has 12 heterocycles. The smallest absolute Gasteiger partial charge is 0.254 e. The number of pyridine rings is 4. The van der Waals surface area contributed by atoms with Crippen molar-refractivity contribution in [1.29, 1.82) is 0 Å². The molecule has 2 amide bonds. The van der Waals surface area contributed by atoms with E-state index in [2.05, 4.69) is 65.4 Å². The summed E-state index contributed by atoms with van der Waals surface area (Å²) in [5, 5.41) is 28.9. The zero-order valence-electron chi connectivity index (χ0n) is 40.2. The first-order chi connectivity index (χ1) is 35.1. The first-order valence-corrected chi connectivity index (χ1v) is 24.8. The van der Waals surface area contributed by atoms with Gasteiger partial charge in [-0.25, -0.2) is 19.9 Å². The molecule has 5 aliphatic rings. The van der Waals surface area contributed by atoms with E-state index >= 15 is 0 Å². The standard InChI is InChI=1S/C53H54N16O3/c1-64-17-19-66(20-18-64)31-53(72)10-15-67(16-11-53)33-3-6-44(56-24-33)61-39-5-4-34(37-25-59-51(70)46(37)39)43-29-57-45-30-68(21-22-69(43)45)42-23-32-7-12-54-27-40(32)62-49(42)63-41-28-58-48(38-26-60-52(71)47(38)41)35-8-13-55-50-36(35)9-14-65(50)2/h3-6,8-9,13-14,21-24,28-30,54,72H,7,10-12,15-20,25-27,31H2,1-2H3,(H3,55,59,60,62,63,70,71)/p+1. The Bertz CT molecular complexity index is 3480. The minimum atomic E-state index is -0.673. The van der Waals surface area contributed by atoms with Gasteiger partial charge < -0.3 is 46.1 Å². The maximum Gasteiger partial charge on any atom is 0.254 e. The summed E-state index contributed by atoms with van der Waals surface area (Å²) in [6, 6.07) is 14.1. The van der Waals surface area contributed by atoms with Gasteiger partial charge in [0.2, 0.25) is 17.7 Å². The second-order valence-corrected chi connectivity index (χ2v) is 19.8. The van der Waals surface area contributed by atoms with Gasteiger partial charge in [-0.15, -0.1) is 0 Å². The van der Waals surface area contributed by atoms with Crippen molar-refractivity contribution in [2.75, 3.05) is 74.9 Å². The van der Waals surface area contributed by atoms with Crippen LogP contribution in [-0.4, -0.2) is 126 Å². The van der Waals surface area contributed by atoms with E-state index in [9.17, 15) is 14.7 Å². The molecule has 0 bridgehead atoms. The number of hydrogen-bond acceptors (Lipinski definition) is 14. The molecule has 8 aromatic rings. The average molecular weight is 964 g/mol. The van der Waals surface area contributed by atoms with Crippen molar-refractivity contribution >= 4 is 57.2 Å². The molecule has 2 saturated heterocycles. The first-order valence-electron chi connectivity index (χ1n) is 24.8. The molecule has 0 atom stereocenters. The van der Waals surface area contributed by atoms with Crippen LogP contribution >= 0.6 is 0 Å². The number of nitrogens with one attached hydrogen (secondary N) is 5. The highest BCUT2D eigenvalue weighted by Crippen LogP contribution is 2.39. The topological polar surface area (TPSA) is 202 Å². The SMILES string of the molecule is CN1CCN(CC2(O)CCN(c3ccc(Nc4ccc(-c5cnc6c[n+](-c7cc8c(nc7Nc7cnc(-c9ccnc%10c9ccn%10C)c9c7C(=O)NC9)CNCC8)ccn56)c5c4C(=O)NC5)nc3)CC2)CC1. The number of anilines is 5. The van der Waals surface area contributed by atoms with E-state index in [0.29, 0.717) is 72.3 Å². The summed E-state index contributed by atoms with van der Waals surface area (Å²) in [5.41, 5.74) is 12.2. The minimum absolute atomic E-state index is 0.149. The van der Waals surface area contributed by atoms with E-state index in [4.69, 9.17) is 19.9 Å². The number of amides is 2. The zero-order valence-corrected chi connectivity index (χ0v) is 40.2. The summed E-state index contributed by atoms with van der Waals surface area (Å²) in [6.45, 7) is 8.54. The molecule has 6 N–H and O–H groups in total. The summed E-state index contributed by atoms with van der Waals surface area (Å²) < 4.78 is 6.02. The molecule has 7 aromatic heterocycles. The Hall–Kier alpha value is -7.84. The van der Waals surface area contributed by atoms with Crippen molar-refractivity contribution < 1.29 is 19.3 Å². The molecule has 0 aliphatic carbocycles. The van der Waals surface area contributed by atoms with E-state index in [-0.39, 0.29) is 11.8 Å². The number of piperidine rings is 1. The maximum atomic E-state index is 13.6. The Kier molecular flexibility index (Phi) is 10.7. The number of carbonyl (C=O) groups excluding carboxylic acids is 2. The van der Waals surface area contributed by atoms with E-state index in [1.807, 2.05) is 88.1 Å². The molecular weight excluding hydrogens is 909 g/mol. The number of aliphatic hydroxyl groups is 1. The minimum Gasteiger partial charge on any atom is -0.388 e. The van der Waals surface area contributed by atoms with Crippen molar-refractivity contribution in [2.45, 2.75) is 44.5 Å². The number of aromatic nitrogens is 8. The zero-order chi connectivity index (χ0) is 48.7. The van der Waals surface area contributed by atoms with Gasteiger partial charge in [-0.2, -0.15) is 4.57 Å². The van der Waals surface area contributed by atoms with Crippen LogP contribution in [0.4, 0.5) is 28.7 Å². The van der Waals surface area contributed by atoms with Crippen molar-refractivity contribution in [3.8, 4) is 28.2 Å². The van der Waals surface area contributed by atoms with Gasteiger partial charge in [-0.3, -0.25) is 23.9 Å². The number of aryl methyl sites for hydroxylation is 1. The first kappa shape index (κ1) is 44.1. The fourth-order valence-corrected chi connectivity index (χ4v) is 11.3. The van der Waals surface area contributed by atoms with Crippen LogP contribution in [0, 0.1) is 0 Å². The van der Waals surface area contributed by atoms with Gasteiger partial charge >= 0.3 is 0 Å². The van der Waals surface area contributed by atoms with Crippen molar-refractivity contribution in [3.63, 3.8) is 0 Å². The highest BCUT2D eigenvalue weighted by molar-refractivity contribution is 6.07. The maximum absolute atomic E-state index is 13.6. The fourth-order valence-electron chi connectivity index (χ4n) is 11.3. The molecule has 2 fully saturated rings. The molecule has 19 nitrogen and oxygen atoms in total. The Morgan fingerprint density at radius 3 is 2.43 bits per heavy atom. The van der Waals surface area contributed by atoms with E-state index in [1.54, 1.807) is 12.4 Å². The summed E-state index contributed by atoms with van der Waals surface area (Å²) in [7, 11) is 4.12. The quantitative estimate of drug-likeness (QED) is 0.107. The normalized spacial score (nSPS) is 17.7. The van der Waals surface area contributed by atoms with Crippen molar-refractivity contribution in [3.05, 3.63) is 126 Å². The number of rotatable bonds is 10. The molecular formula is C53H55N16O3+. The molecule has 1 aromatic carbocycles. The number of imidazole rings is 1. The number of fused-ring (bicyclic) bond motifs is 5. The highest BCUT2D eigenvalue weighted by atomic mass is 16.3. The summed E-state index contributed by atoms with van der Waals surface area (Å²) in [4.78, 5) is 58.5. The second kappa shape index (κ2) is 17.5. The monoisotopic (exact) mass is 963 g/mol. The number of benzene rings is 1. The lowest BCUT2D eigenvalue weighted by Gasteiger charge is -2.43. The summed E-state index contributed by atoms with van der Waals surface area (Å²) in [6.07, 6.45) is 17.4. The predicted molar refractivity (Wildman–Crippen MR) is 273 cm³/mol. The number of piperazine rings is 1. The lowest BCUT2D eigenvalue weighted by atomic mass is 9.90. The molecule has 13 rings (SSSR count).